The van der Waals surface area contributed by atoms with E-state index < -0.39 is 15.6 Å². The molecule has 1 saturated heterocycles. The number of carbonyl (C=O) groups is 2. The van der Waals surface area contributed by atoms with Crippen LogP contribution in [0.15, 0.2) is 18.3 Å². The molecule has 1 aromatic carbocycles. The number of benzene rings is 1. The maximum absolute atomic E-state index is 16.0. The second kappa shape index (κ2) is 12.3. The van der Waals surface area contributed by atoms with Crippen molar-refractivity contribution < 1.29 is 23.5 Å². The van der Waals surface area contributed by atoms with Gasteiger partial charge in [0, 0.05) is 80.0 Å². The third-order valence-corrected chi connectivity index (χ3v) is 8.82. The van der Waals surface area contributed by atoms with Gasteiger partial charge in [0.25, 0.3) is 0 Å². The topological polar surface area (TPSA) is 80.1 Å². The van der Waals surface area contributed by atoms with E-state index in [0.717, 1.165) is 11.3 Å². The van der Waals surface area contributed by atoms with Gasteiger partial charge in [-0.15, -0.1) is 0 Å². The van der Waals surface area contributed by atoms with E-state index in [9.17, 15) is 9.59 Å². The SMILES string of the molecule is C[C@@H]1CN(Cc2cn(COCCS(C)(C)C)nc2-c2ccc3c(c2F)CCC(=O)N3C)CCN1C(=O)OC(C)(C)C. The van der Waals surface area contributed by atoms with Crippen LogP contribution in [0.5, 0.6) is 0 Å². The summed E-state index contributed by atoms with van der Waals surface area (Å²) in [7, 11) is 1.02. The highest BCUT2D eigenvalue weighted by Gasteiger charge is 2.32. The first-order valence-electron chi connectivity index (χ1n) is 14.2. The Balaban J connectivity index is 1.56. The van der Waals surface area contributed by atoms with E-state index in [1.165, 1.54) is 4.90 Å². The van der Waals surface area contributed by atoms with Crippen molar-refractivity contribution in [3.63, 3.8) is 0 Å². The number of amides is 2. The van der Waals surface area contributed by atoms with E-state index in [1.807, 2.05) is 40.0 Å². The standard InChI is InChI=1S/C30H46FN5O4S/c1-21-17-34(13-14-36(21)29(38)40-30(2,3)4)18-22-19-35(20-39-15-16-41(6,7)8)32-28(22)24-9-11-25-23(27(24)31)10-12-26(37)33(25)5/h9,11,19,21H,10,12-18,20H2,1-8H3/t21-/m1/s1. The Morgan fingerprint density at radius 3 is 2.56 bits per heavy atom. The highest BCUT2D eigenvalue weighted by Crippen LogP contribution is 2.36. The smallest absolute Gasteiger partial charge is 0.410 e. The van der Waals surface area contributed by atoms with E-state index in [1.54, 1.807) is 22.7 Å². The molecule has 1 fully saturated rings. The molecule has 0 bridgehead atoms. The van der Waals surface area contributed by atoms with Gasteiger partial charge in [-0.25, -0.2) is 23.9 Å². The predicted octanol–water partition coefficient (Wildman–Crippen LogP) is 4.71. The Morgan fingerprint density at radius 2 is 1.90 bits per heavy atom. The molecule has 3 heterocycles. The summed E-state index contributed by atoms with van der Waals surface area (Å²) in [6, 6.07) is 3.51. The highest BCUT2D eigenvalue weighted by molar-refractivity contribution is 8.32. The number of carbonyl (C=O) groups excluding carboxylic acids is 2. The average molecular weight is 592 g/mol. The molecule has 2 aromatic rings. The molecule has 1 atom stereocenters. The lowest BCUT2D eigenvalue weighted by molar-refractivity contribution is -0.118. The molecule has 9 nitrogen and oxygen atoms in total. The fourth-order valence-corrected chi connectivity index (χ4v) is 5.85. The lowest BCUT2D eigenvalue weighted by atomic mass is 9.96. The molecule has 0 spiro atoms. The van der Waals surface area contributed by atoms with Crippen molar-refractivity contribution in [3.8, 4) is 11.3 Å². The fraction of sp³-hybridized carbons (Fsp3) is 0.633. The molecule has 0 unspecified atom stereocenters. The van der Waals surface area contributed by atoms with Crippen molar-refractivity contribution in [2.75, 3.05) is 62.7 Å². The monoisotopic (exact) mass is 591 g/mol. The molecular formula is C30H46FN5O4S. The molecular weight excluding hydrogens is 545 g/mol. The van der Waals surface area contributed by atoms with Crippen LogP contribution in [-0.4, -0.2) is 101 Å². The number of piperazine rings is 1. The molecule has 41 heavy (non-hydrogen) atoms. The molecule has 4 rings (SSSR count). The van der Waals surface area contributed by atoms with Crippen LogP contribution in [0.2, 0.25) is 0 Å². The van der Waals surface area contributed by atoms with Gasteiger partial charge < -0.3 is 19.3 Å². The first-order chi connectivity index (χ1) is 19.1. The lowest BCUT2D eigenvalue weighted by Crippen LogP contribution is -2.54. The summed E-state index contributed by atoms with van der Waals surface area (Å²) in [5, 5.41) is 4.79. The minimum Gasteiger partial charge on any atom is -0.444 e. The largest absolute Gasteiger partial charge is 0.444 e. The number of ether oxygens (including phenoxy) is 2. The van der Waals surface area contributed by atoms with Crippen molar-refractivity contribution in [3.05, 3.63) is 35.3 Å². The van der Waals surface area contributed by atoms with E-state index in [0.29, 0.717) is 61.7 Å². The lowest BCUT2D eigenvalue weighted by Gasteiger charge is -2.40. The van der Waals surface area contributed by atoms with Gasteiger partial charge in [-0.1, -0.05) is 0 Å². The van der Waals surface area contributed by atoms with E-state index >= 15 is 4.39 Å². The molecule has 0 N–H and O–H groups in total. The Kier molecular flexibility index (Phi) is 9.40. The Hall–Kier alpha value is -2.63. The number of hydrogen-bond acceptors (Lipinski definition) is 6. The highest BCUT2D eigenvalue weighted by atomic mass is 32.3. The van der Waals surface area contributed by atoms with E-state index in [4.69, 9.17) is 14.6 Å². The zero-order valence-corrected chi connectivity index (χ0v) is 26.6. The zero-order chi connectivity index (χ0) is 30.1. The third-order valence-electron chi connectivity index (χ3n) is 7.43. The summed E-state index contributed by atoms with van der Waals surface area (Å²) in [5.74, 6) is 0.664. The first kappa shape index (κ1) is 31.3. The van der Waals surface area contributed by atoms with Crippen LogP contribution >= 0.6 is 10.0 Å². The van der Waals surface area contributed by atoms with Gasteiger partial charge in [0.05, 0.1) is 12.3 Å². The van der Waals surface area contributed by atoms with Crippen molar-refractivity contribution in [2.45, 2.75) is 65.5 Å². The van der Waals surface area contributed by atoms with Crippen LogP contribution in [0.25, 0.3) is 11.3 Å². The summed E-state index contributed by atoms with van der Waals surface area (Å²) < 4.78 is 29.3. The zero-order valence-electron chi connectivity index (χ0n) is 25.8. The van der Waals surface area contributed by atoms with Crippen molar-refractivity contribution >= 4 is 27.7 Å². The normalized spacial score (nSPS) is 19.0. The summed E-state index contributed by atoms with van der Waals surface area (Å²) >= 11 is 0. The number of halogens is 1. The number of fused-ring (bicyclic) bond motifs is 1. The summed E-state index contributed by atoms with van der Waals surface area (Å²) in [4.78, 5) is 30.5. The Labute approximate surface area is 245 Å². The summed E-state index contributed by atoms with van der Waals surface area (Å²) in [5.41, 5.74) is 2.52. The van der Waals surface area contributed by atoms with Gasteiger partial charge in [0.2, 0.25) is 5.91 Å². The number of nitrogens with zero attached hydrogens (tertiary/aromatic N) is 5. The molecule has 11 heteroatoms. The number of anilines is 1. The van der Waals surface area contributed by atoms with Crippen LogP contribution < -0.4 is 4.90 Å². The molecule has 2 aliphatic heterocycles. The fourth-order valence-electron chi connectivity index (χ4n) is 5.23. The number of hydrogen-bond donors (Lipinski definition) is 0. The van der Waals surface area contributed by atoms with Crippen LogP contribution in [0.3, 0.4) is 0 Å². The molecule has 0 saturated carbocycles. The molecule has 1 aromatic heterocycles. The second-order valence-corrected chi connectivity index (χ2v) is 17.6. The summed E-state index contributed by atoms with van der Waals surface area (Å²) in [6.45, 7) is 11.0. The van der Waals surface area contributed by atoms with Gasteiger partial charge >= 0.3 is 6.09 Å². The summed E-state index contributed by atoms with van der Waals surface area (Å²) in [6.07, 6.45) is 9.08. The van der Waals surface area contributed by atoms with Gasteiger partial charge in [0.15, 0.2) is 0 Å². The van der Waals surface area contributed by atoms with Gasteiger partial charge in [-0.2, -0.15) is 5.10 Å². The van der Waals surface area contributed by atoms with Crippen LogP contribution in [0, 0.1) is 5.82 Å². The van der Waals surface area contributed by atoms with Gasteiger partial charge in [-0.05, 0) is 65.0 Å². The second-order valence-electron chi connectivity index (χ2n) is 13.0. The van der Waals surface area contributed by atoms with Crippen LogP contribution in [-0.2, 0) is 34.0 Å². The molecule has 0 radical (unpaired) electrons. The van der Waals surface area contributed by atoms with Crippen LogP contribution in [0.4, 0.5) is 14.9 Å². The van der Waals surface area contributed by atoms with E-state index in [2.05, 4.69) is 23.7 Å². The number of aromatic nitrogens is 2. The van der Waals surface area contributed by atoms with Gasteiger partial charge in [0.1, 0.15) is 18.1 Å². The minimum absolute atomic E-state index is 0.0106. The van der Waals surface area contributed by atoms with Gasteiger partial charge in [-0.3, -0.25) is 9.69 Å². The van der Waals surface area contributed by atoms with Crippen molar-refractivity contribution in [2.24, 2.45) is 0 Å². The maximum atomic E-state index is 16.0. The Bertz CT molecular complexity index is 1270. The van der Waals surface area contributed by atoms with Crippen molar-refractivity contribution in [1.82, 2.24) is 19.6 Å². The van der Waals surface area contributed by atoms with Crippen LogP contribution in [0.1, 0.15) is 45.2 Å². The minimum atomic E-state index is -0.669. The predicted molar refractivity (Wildman–Crippen MR) is 163 cm³/mol. The molecule has 2 amide bonds. The average Bonchev–Trinajstić information content (AvgIpc) is 3.25. The molecule has 0 aliphatic carbocycles. The van der Waals surface area contributed by atoms with E-state index in [-0.39, 0.29) is 37.0 Å². The maximum Gasteiger partial charge on any atom is 0.410 e. The quantitative estimate of drug-likeness (QED) is 0.414. The van der Waals surface area contributed by atoms with Crippen molar-refractivity contribution in [1.29, 1.82) is 0 Å². The molecule has 228 valence electrons. The first-order valence-corrected chi connectivity index (χ1v) is 17.3. The molecule has 2 aliphatic rings. The third kappa shape index (κ3) is 7.81. The number of rotatable bonds is 8. The Morgan fingerprint density at radius 1 is 1.17 bits per heavy atom.